The highest BCUT2D eigenvalue weighted by Gasteiger charge is 2.39. The van der Waals surface area contributed by atoms with Crippen molar-refractivity contribution in [1.29, 1.82) is 0 Å². The monoisotopic (exact) mass is 793 g/mol. The van der Waals surface area contributed by atoms with Gasteiger partial charge in [0.1, 0.15) is 11.4 Å². The molecule has 2 aromatic heterocycles. The molecule has 7 nitrogen and oxygen atoms in total. The number of carbonyl (C=O) groups excluding carboxylic acids is 2. The van der Waals surface area contributed by atoms with E-state index >= 15 is 4.79 Å². The molecule has 0 unspecified atom stereocenters. The Balaban J connectivity index is 1.28. The van der Waals surface area contributed by atoms with Crippen LogP contribution in [0.5, 0.6) is 5.75 Å². The van der Waals surface area contributed by atoms with Crippen LogP contribution in [-0.2, 0) is 0 Å². The molecule has 3 heterocycles. The van der Waals surface area contributed by atoms with E-state index in [2.05, 4.69) is 79.7 Å². The highest BCUT2D eigenvalue weighted by Crippen LogP contribution is 2.51. The molecule has 1 aliphatic heterocycles. The van der Waals surface area contributed by atoms with Gasteiger partial charge in [-0.2, -0.15) is 0 Å². The molecule has 7 heteroatoms. The fraction of sp³-hybridized carbons (Fsp3) is 0.321. The Kier molecular flexibility index (Phi) is 8.90. The van der Waals surface area contributed by atoms with Crippen molar-refractivity contribution in [1.82, 2.24) is 9.38 Å². The second-order valence-corrected chi connectivity index (χ2v) is 17.9. The number of benzene rings is 7. The molecule has 2 amide bonds. The first-order valence-corrected chi connectivity index (χ1v) is 21.9. The predicted molar refractivity (Wildman–Crippen MR) is 248 cm³/mol. The van der Waals surface area contributed by atoms with E-state index in [1.54, 1.807) is 4.40 Å². The molecule has 10 rings (SSSR count). The number of rotatable bonds is 11. The molecule has 0 saturated carbocycles. The molecule has 0 spiro atoms. The Morgan fingerprint density at radius 2 is 1.23 bits per heavy atom. The summed E-state index contributed by atoms with van der Waals surface area (Å²) in [7, 11) is 0. The van der Waals surface area contributed by atoms with Crippen LogP contribution in [0.4, 0.5) is 5.69 Å². The van der Waals surface area contributed by atoms with Crippen molar-refractivity contribution in [3.8, 4) is 5.75 Å². The van der Waals surface area contributed by atoms with Crippen molar-refractivity contribution in [2.75, 3.05) is 11.5 Å². The van der Waals surface area contributed by atoms with Crippen LogP contribution in [0.25, 0.3) is 70.5 Å². The highest BCUT2D eigenvalue weighted by molar-refractivity contribution is 6.44. The smallest absolute Gasteiger partial charge is 0.266 e. The second-order valence-electron chi connectivity index (χ2n) is 17.9. The van der Waals surface area contributed by atoms with Gasteiger partial charge in [-0.05, 0) is 125 Å². The summed E-state index contributed by atoms with van der Waals surface area (Å²) in [5.74, 6) is 0.226. The lowest BCUT2D eigenvalue weighted by atomic mass is 9.81. The van der Waals surface area contributed by atoms with Gasteiger partial charge in [-0.1, -0.05) is 97.1 Å². The van der Waals surface area contributed by atoms with Crippen LogP contribution >= 0.6 is 0 Å². The topological polar surface area (TPSA) is 81.0 Å². The Hall–Kier alpha value is -6.08. The first kappa shape index (κ1) is 38.1. The summed E-state index contributed by atoms with van der Waals surface area (Å²) in [5, 5.41) is 8.58. The van der Waals surface area contributed by atoms with E-state index in [1.165, 1.54) is 24.2 Å². The maximum absolute atomic E-state index is 15.1. The predicted octanol–water partition coefficient (Wildman–Crippen LogP) is 13.2. The average molecular weight is 794 g/mol. The van der Waals surface area contributed by atoms with Crippen LogP contribution in [0.2, 0.25) is 0 Å². The average Bonchev–Trinajstić information content (AvgIpc) is 3.59. The number of imide groups is 1. The van der Waals surface area contributed by atoms with Crippen molar-refractivity contribution >= 4 is 88.0 Å². The Morgan fingerprint density at radius 3 is 1.97 bits per heavy atom. The summed E-state index contributed by atoms with van der Waals surface area (Å²) in [4.78, 5) is 51.5. The fourth-order valence-corrected chi connectivity index (χ4v) is 10.3. The number of imidazole rings is 1. The van der Waals surface area contributed by atoms with Crippen LogP contribution in [0, 0.1) is 20.8 Å². The number of aromatic nitrogens is 2. The number of carbonyl (C=O) groups is 2. The SMILES string of the molecule is CCCCCCCCOc1cc2c(=O)n3c4cc(C)c(C)cc4nc3c3ccc4c5c(C)cc6c7c(ccc(c1c4c23)c75)C(=O)N(c1c(C(C)C)cccc1C(C)C)C6=O. The number of nitrogens with zero attached hydrogens (tertiary/aromatic N) is 3. The van der Waals surface area contributed by atoms with Gasteiger partial charge < -0.3 is 4.74 Å². The van der Waals surface area contributed by atoms with Gasteiger partial charge in [-0.15, -0.1) is 0 Å². The van der Waals surface area contributed by atoms with Gasteiger partial charge in [0.05, 0.1) is 28.7 Å². The second kappa shape index (κ2) is 14.0. The van der Waals surface area contributed by atoms with Crippen LogP contribution in [0.15, 0.2) is 71.5 Å². The maximum Gasteiger partial charge on any atom is 0.266 e. The fourth-order valence-electron chi connectivity index (χ4n) is 10.3. The maximum atomic E-state index is 15.1. The molecule has 9 aromatic rings. The Morgan fingerprint density at radius 1 is 0.600 bits per heavy atom. The van der Waals surface area contributed by atoms with Crippen molar-refractivity contribution < 1.29 is 14.3 Å². The molecule has 0 fully saturated rings. The summed E-state index contributed by atoms with van der Waals surface area (Å²) in [6, 6.07) is 22.4. The number of anilines is 1. The third-order valence-corrected chi connectivity index (χ3v) is 13.4. The molecule has 0 aliphatic carbocycles. The summed E-state index contributed by atoms with van der Waals surface area (Å²) in [5.41, 5.74) is 8.95. The number of para-hydroxylation sites is 1. The lowest BCUT2D eigenvalue weighted by Gasteiger charge is -2.33. The quantitative estimate of drug-likeness (QED) is 0.0564. The Labute approximate surface area is 349 Å². The van der Waals surface area contributed by atoms with Crippen LogP contribution in [-0.4, -0.2) is 27.8 Å². The van der Waals surface area contributed by atoms with Crippen molar-refractivity contribution in [3.05, 3.63) is 116 Å². The molecule has 1 aliphatic rings. The van der Waals surface area contributed by atoms with Crippen molar-refractivity contribution in [2.24, 2.45) is 0 Å². The van der Waals surface area contributed by atoms with Crippen molar-refractivity contribution in [2.45, 2.75) is 106 Å². The minimum Gasteiger partial charge on any atom is -0.493 e. The number of aryl methyl sites for hydroxylation is 3. The van der Waals surface area contributed by atoms with E-state index in [0.717, 1.165) is 101 Å². The molecule has 0 saturated heterocycles. The van der Waals surface area contributed by atoms with E-state index in [1.807, 2.05) is 42.5 Å². The largest absolute Gasteiger partial charge is 0.493 e. The zero-order chi connectivity index (χ0) is 41.9. The number of fused-ring (bicyclic) bond motifs is 6. The van der Waals surface area contributed by atoms with Gasteiger partial charge in [-0.25, -0.2) is 9.88 Å². The first-order valence-electron chi connectivity index (χ1n) is 21.9. The van der Waals surface area contributed by atoms with E-state index in [9.17, 15) is 9.59 Å². The zero-order valence-electron chi connectivity index (χ0n) is 35.9. The van der Waals surface area contributed by atoms with E-state index < -0.39 is 0 Å². The molecule has 0 N–H and O–H groups in total. The molecular weight excluding hydrogens is 743 g/mol. The van der Waals surface area contributed by atoms with Gasteiger partial charge in [0.2, 0.25) is 0 Å². The van der Waals surface area contributed by atoms with E-state index in [-0.39, 0.29) is 29.2 Å². The lowest BCUT2D eigenvalue weighted by Crippen LogP contribution is -2.42. The van der Waals surface area contributed by atoms with E-state index in [4.69, 9.17) is 9.72 Å². The van der Waals surface area contributed by atoms with Gasteiger partial charge in [0.15, 0.2) is 0 Å². The molecule has 0 bridgehead atoms. The van der Waals surface area contributed by atoms with Crippen LogP contribution in [0.1, 0.15) is 134 Å². The summed E-state index contributed by atoms with van der Waals surface area (Å²) in [6.45, 7) is 17.4. The van der Waals surface area contributed by atoms with Crippen LogP contribution in [0.3, 0.4) is 0 Å². The number of unbranched alkanes of at least 4 members (excludes halogenated alkanes) is 5. The third kappa shape index (κ3) is 5.33. The number of pyridine rings is 1. The number of ether oxygens (including phenoxy) is 1. The summed E-state index contributed by atoms with van der Waals surface area (Å²) in [6.07, 6.45) is 6.76. The highest BCUT2D eigenvalue weighted by atomic mass is 16.5. The van der Waals surface area contributed by atoms with Gasteiger partial charge >= 0.3 is 0 Å². The number of hydrogen-bond acceptors (Lipinski definition) is 5. The van der Waals surface area contributed by atoms with Crippen molar-refractivity contribution in [3.63, 3.8) is 0 Å². The normalized spacial score (nSPS) is 13.5. The summed E-state index contributed by atoms with van der Waals surface area (Å²) >= 11 is 0. The lowest BCUT2D eigenvalue weighted by molar-refractivity contribution is 0.0892. The van der Waals surface area contributed by atoms with Gasteiger partial charge in [-0.3, -0.25) is 18.8 Å². The van der Waals surface area contributed by atoms with E-state index in [0.29, 0.717) is 45.6 Å². The summed E-state index contributed by atoms with van der Waals surface area (Å²) < 4.78 is 8.60. The molecular formula is C53H51N3O4. The van der Waals surface area contributed by atoms with Crippen LogP contribution < -0.4 is 15.2 Å². The van der Waals surface area contributed by atoms with Gasteiger partial charge in [0.25, 0.3) is 17.4 Å². The molecule has 60 heavy (non-hydrogen) atoms. The Bertz CT molecular complexity index is 3310. The molecule has 7 aromatic carbocycles. The standard InChI is InChI=1S/C53H51N3O4/c1-9-10-11-12-13-14-22-60-42-26-39-44-36(50-54-40-24-29(6)30(7)25-41(40)55(50)52(39)58)20-18-34-43-31(8)23-38-45-37(21-19-35(47(43)45)46(42)48(34)44)51(57)56(53(38)59)49-32(27(2)3)16-15-17-33(49)28(4)5/h15-21,23-28H,9-14,22H2,1-8H3. The van der Waals surface area contributed by atoms with Gasteiger partial charge in [0, 0.05) is 38.1 Å². The molecule has 302 valence electrons. The minimum atomic E-state index is -0.311. The number of hydrogen-bond donors (Lipinski definition) is 0. The third-order valence-electron chi connectivity index (χ3n) is 13.4. The number of amides is 2. The molecule has 0 radical (unpaired) electrons. The zero-order valence-corrected chi connectivity index (χ0v) is 35.9. The first-order chi connectivity index (χ1) is 28.9. The minimum absolute atomic E-state index is 0.0998. The molecule has 0 atom stereocenters.